The zero-order valence-electron chi connectivity index (χ0n) is 12.4. The van der Waals surface area contributed by atoms with Gasteiger partial charge in [0, 0.05) is 6.42 Å². The van der Waals surface area contributed by atoms with E-state index in [1.54, 1.807) is 6.92 Å². The molecule has 0 unspecified atom stereocenters. The number of hydrazine groups is 1. The average Bonchev–Trinajstić information content (AvgIpc) is 2.84. The monoisotopic (exact) mass is 305 g/mol. The van der Waals surface area contributed by atoms with Gasteiger partial charge in [0.1, 0.15) is 10.6 Å². The van der Waals surface area contributed by atoms with Crippen molar-refractivity contribution in [1.82, 2.24) is 10.4 Å². The lowest BCUT2D eigenvalue weighted by Crippen LogP contribution is -2.29. The molecule has 1 heterocycles. The number of nitrogens with one attached hydrogen (secondary N) is 1. The van der Waals surface area contributed by atoms with Crippen LogP contribution in [0.2, 0.25) is 0 Å². The first-order valence-corrected chi connectivity index (χ1v) is 7.51. The Morgan fingerprint density at radius 3 is 2.86 bits per heavy atom. The third-order valence-corrected chi connectivity index (χ3v) is 4.52. The highest BCUT2D eigenvalue weighted by Crippen LogP contribution is 2.22. The molecule has 0 aliphatic rings. The van der Waals surface area contributed by atoms with Crippen LogP contribution in [0.15, 0.2) is 18.2 Å². The molecular formula is C15H19N3O2S. The summed E-state index contributed by atoms with van der Waals surface area (Å²) in [4.78, 5) is 16.5. The molecule has 2 rings (SSSR count). The molecular weight excluding hydrogens is 286 g/mol. The molecule has 112 valence electrons. The van der Waals surface area contributed by atoms with Gasteiger partial charge in [-0.2, -0.15) is 0 Å². The number of carbonyl (C=O) groups excluding carboxylic acids is 1. The minimum atomic E-state index is -0.299. The maximum Gasteiger partial charge on any atom is 0.277 e. The number of nitrogen functional groups attached to an aromatic ring is 1. The van der Waals surface area contributed by atoms with E-state index in [2.05, 4.69) is 23.4 Å². The lowest BCUT2D eigenvalue weighted by Gasteiger charge is -2.09. The molecule has 1 aromatic heterocycles. The fourth-order valence-corrected chi connectivity index (χ4v) is 2.91. The van der Waals surface area contributed by atoms with Gasteiger partial charge >= 0.3 is 0 Å². The van der Waals surface area contributed by atoms with Crippen LogP contribution in [0, 0.1) is 20.8 Å². The molecule has 0 radical (unpaired) electrons. The molecule has 6 heteroatoms. The molecule has 0 spiro atoms. The van der Waals surface area contributed by atoms with E-state index in [0.29, 0.717) is 23.6 Å². The Morgan fingerprint density at radius 1 is 1.38 bits per heavy atom. The molecule has 5 nitrogen and oxygen atoms in total. The quantitative estimate of drug-likeness (QED) is 0.505. The van der Waals surface area contributed by atoms with Crippen LogP contribution >= 0.6 is 11.3 Å². The number of nitrogens with zero attached hydrogens (tertiary/aromatic N) is 1. The Hall–Kier alpha value is -1.92. The van der Waals surface area contributed by atoms with Crippen molar-refractivity contribution in [3.05, 3.63) is 44.9 Å². The molecule has 0 saturated carbocycles. The smallest absolute Gasteiger partial charge is 0.277 e. The van der Waals surface area contributed by atoms with Gasteiger partial charge in [0.2, 0.25) is 0 Å². The number of rotatable bonds is 5. The highest BCUT2D eigenvalue weighted by molar-refractivity contribution is 7.13. The number of nitrogens with two attached hydrogens (primary N) is 1. The number of carbonyl (C=O) groups is 1. The number of aromatic nitrogens is 1. The first-order chi connectivity index (χ1) is 10.0. The van der Waals surface area contributed by atoms with E-state index < -0.39 is 0 Å². The van der Waals surface area contributed by atoms with Gasteiger partial charge in [-0.25, -0.2) is 10.8 Å². The second kappa shape index (κ2) is 6.69. The first-order valence-electron chi connectivity index (χ1n) is 6.69. The van der Waals surface area contributed by atoms with Crippen LogP contribution in [0.4, 0.5) is 0 Å². The van der Waals surface area contributed by atoms with Crippen LogP contribution in [0.5, 0.6) is 5.75 Å². The maximum absolute atomic E-state index is 11.5. The Bertz CT molecular complexity index is 652. The fraction of sp³-hybridized carbons (Fsp3) is 0.333. The third-order valence-electron chi connectivity index (χ3n) is 3.31. The molecule has 0 saturated heterocycles. The molecule has 0 atom stereocenters. The number of ether oxygens (including phenoxy) is 1. The first kappa shape index (κ1) is 15.5. The van der Waals surface area contributed by atoms with Gasteiger partial charge in [0.25, 0.3) is 5.91 Å². The second-order valence-electron chi connectivity index (χ2n) is 4.79. The molecule has 0 fully saturated rings. The van der Waals surface area contributed by atoms with Crippen molar-refractivity contribution in [2.75, 3.05) is 6.61 Å². The van der Waals surface area contributed by atoms with E-state index in [-0.39, 0.29) is 5.91 Å². The molecule has 0 aliphatic carbocycles. The Labute approximate surface area is 128 Å². The van der Waals surface area contributed by atoms with Crippen molar-refractivity contribution in [2.24, 2.45) is 5.84 Å². The number of amides is 1. The molecule has 0 bridgehead atoms. The van der Waals surface area contributed by atoms with Gasteiger partial charge in [-0.15, -0.1) is 11.3 Å². The summed E-state index contributed by atoms with van der Waals surface area (Å²) in [6.07, 6.45) is 0.663. The van der Waals surface area contributed by atoms with Gasteiger partial charge in [-0.05, 0) is 38.0 Å². The van der Waals surface area contributed by atoms with Crippen LogP contribution in [0.1, 0.15) is 31.5 Å². The van der Waals surface area contributed by atoms with E-state index >= 15 is 0 Å². The van der Waals surface area contributed by atoms with Crippen molar-refractivity contribution in [1.29, 1.82) is 0 Å². The van der Waals surface area contributed by atoms with Gasteiger partial charge in [-0.3, -0.25) is 10.2 Å². The van der Waals surface area contributed by atoms with Gasteiger partial charge in [-0.1, -0.05) is 12.1 Å². The predicted octanol–water partition coefficient (Wildman–Crippen LogP) is 2.29. The number of thiazole rings is 1. The van der Waals surface area contributed by atoms with Crippen molar-refractivity contribution in [3.63, 3.8) is 0 Å². The summed E-state index contributed by atoms with van der Waals surface area (Å²) < 4.78 is 5.80. The molecule has 0 aliphatic heterocycles. The number of benzene rings is 1. The van der Waals surface area contributed by atoms with Crippen molar-refractivity contribution < 1.29 is 9.53 Å². The van der Waals surface area contributed by atoms with E-state index in [1.165, 1.54) is 16.9 Å². The summed E-state index contributed by atoms with van der Waals surface area (Å²) in [5.41, 5.74) is 5.19. The lowest BCUT2D eigenvalue weighted by atomic mass is 10.1. The van der Waals surface area contributed by atoms with Gasteiger partial charge < -0.3 is 4.74 Å². The molecule has 2 aromatic rings. The maximum atomic E-state index is 11.5. The Morgan fingerprint density at radius 2 is 2.14 bits per heavy atom. The molecule has 1 amide bonds. The van der Waals surface area contributed by atoms with E-state index in [9.17, 15) is 4.79 Å². The van der Waals surface area contributed by atoms with E-state index in [0.717, 1.165) is 16.3 Å². The summed E-state index contributed by atoms with van der Waals surface area (Å²) >= 11 is 1.35. The van der Waals surface area contributed by atoms with E-state index in [1.807, 2.05) is 19.1 Å². The van der Waals surface area contributed by atoms with Crippen LogP contribution in [0.3, 0.4) is 0 Å². The number of hydrogen-bond donors (Lipinski definition) is 2. The van der Waals surface area contributed by atoms with Crippen LogP contribution in [-0.4, -0.2) is 17.5 Å². The lowest BCUT2D eigenvalue weighted by molar-refractivity contribution is 0.0957. The minimum absolute atomic E-state index is 0.299. The summed E-state index contributed by atoms with van der Waals surface area (Å²) in [6.45, 7) is 6.43. The zero-order valence-corrected chi connectivity index (χ0v) is 13.2. The standard InChI is InChI=1S/C15H19N3O2S/c1-9-5-4-6-12(10(9)2)20-8-7-13-17-11(3)14(21-13)15(19)18-16/h4-6H,7-8,16H2,1-3H3,(H,18,19). The topological polar surface area (TPSA) is 77.2 Å². The molecule has 3 N–H and O–H groups in total. The van der Waals surface area contributed by atoms with Crippen molar-refractivity contribution >= 4 is 17.2 Å². The number of hydrogen-bond acceptors (Lipinski definition) is 5. The highest BCUT2D eigenvalue weighted by atomic mass is 32.1. The predicted molar refractivity (Wildman–Crippen MR) is 83.6 cm³/mol. The molecule has 1 aromatic carbocycles. The fourth-order valence-electron chi connectivity index (χ4n) is 1.96. The summed E-state index contributed by atoms with van der Waals surface area (Å²) in [5.74, 6) is 5.74. The summed E-state index contributed by atoms with van der Waals surface area (Å²) in [5, 5.41) is 0.872. The minimum Gasteiger partial charge on any atom is -0.493 e. The third kappa shape index (κ3) is 3.59. The van der Waals surface area contributed by atoms with Crippen molar-refractivity contribution in [3.8, 4) is 5.75 Å². The van der Waals surface area contributed by atoms with Crippen molar-refractivity contribution in [2.45, 2.75) is 27.2 Å². The molecule has 21 heavy (non-hydrogen) atoms. The SMILES string of the molecule is Cc1cccc(OCCc2nc(C)c(C(=O)NN)s2)c1C. The number of aryl methyl sites for hydroxylation is 2. The van der Waals surface area contributed by atoms with Crippen LogP contribution < -0.4 is 16.0 Å². The summed E-state index contributed by atoms with van der Waals surface area (Å²) in [7, 11) is 0. The zero-order chi connectivity index (χ0) is 15.4. The van der Waals surface area contributed by atoms with Gasteiger partial charge in [0.15, 0.2) is 0 Å². The Kier molecular flexibility index (Phi) is 4.93. The average molecular weight is 305 g/mol. The summed E-state index contributed by atoms with van der Waals surface area (Å²) in [6, 6.07) is 6.00. The Balaban J connectivity index is 1.98. The largest absolute Gasteiger partial charge is 0.493 e. The van der Waals surface area contributed by atoms with Crippen LogP contribution in [0.25, 0.3) is 0 Å². The van der Waals surface area contributed by atoms with E-state index in [4.69, 9.17) is 10.6 Å². The van der Waals surface area contributed by atoms with Crippen LogP contribution in [-0.2, 0) is 6.42 Å². The normalized spacial score (nSPS) is 10.5. The second-order valence-corrected chi connectivity index (χ2v) is 5.88. The highest BCUT2D eigenvalue weighted by Gasteiger charge is 2.14. The van der Waals surface area contributed by atoms with Gasteiger partial charge in [0.05, 0.1) is 17.3 Å².